The van der Waals surface area contributed by atoms with Gasteiger partial charge in [0.05, 0.1) is 0 Å². The standard InChI is InChI=1S/C14H21NO3/c1-11(2-7-14(17)18)8-9-15-10-12-3-5-13(16)6-4-12/h3-6,11,15-16H,2,7-10H2,1H3,(H,17,18). The second-order valence-corrected chi connectivity index (χ2v) is 4.67. The number of benzene rings is 1. The molecule has 0 bridgehead atoms. The Bertz CT molecular complexity index is 362. The van der Waals surface area contributed by atoms with E-state index >= 15 is 0 Å². The SMILES string of the molecule is CC(CCNCc1ccc(O)cc1)CCC(=O)O. The number of rotatable bonds is 8. The van der Waals surface area contributed by atoms with Gasteiger partial charge in [0, 0.05) is 13.0 Å². The highest BCUT2D eigenvalue weighted by Gasteiger charge is 2.04. The fourth-order valence-electron chi connectivity index (χ4n) is 1.71. The summed E-state index contributed by atoms with van der Waals surface area (Å²) in [5.41, 5.74) is 1.13. The van der Waals surface area contributed by atoms with Crippen LogP contribution in [0.5, 0.6) is 5.75 Å². The van der Waals surface area contributed by atoms with E-state index in [0.29, 0.717) is 5.92 Å². The van der Waals surface area contributed by atoms with E-state index in [9.17, 15) is 4.79 Å². The predicted octanol–water partition coefficient (Wildman–Crippen LogP) is 2.37. The number of aliphatic carboxylic acids is 1. The molecule has 100 valence electrons. The van der Waals surface area contributed by atoms with E-state index in [1.165, 1.54) is 0 Å². The van der Waals surface area contributed by atoms with Gasteiger partial charge in [0.15, 0.2) is 0 Å². The number of hydrogen-bond donors (Lipinski definition) is 3. The molecule has 1 aromatic carbocycles. The summed E-state index contributed by atoms with van der Waals surface area (Å²) in [6, 6.07) is 7.12. The van der Waals surface area contributed by atoms with E-state index in [1.54, 1.807) is 12.1 Å². The summed E-state index contributed by atoms with van der Waals surface area (Å²) < 4.78 is 0. The lowest BCUT2D eigenvalue weighted by molar-refractivity contribution is -0.137. The normalized spacial score (nSPS) is 12.3. The van der Waals surface area contributed by atoms with Crippen LogP contribution in [0, 0.1) is 5.92 Å². The monoisotopic (exact) mass is 251 g/mol. The molecule has 0 aliphatic carbocycles. The molecule has 1 aromatic rings. The van der Waals surface area contributed by atoms with E-state index in [4.69, 9.17) is 10.2 Å². The average molecular weight is 251 g/mol. The topological polar surface area (TPSA) is 69.6 Å². The van der Waals surface area contributed by atoms with Crippen LogP contribution in [-0.4, -0.2) is 22.7 Å². The van der Waals surface area contributed by atoms with E-state index in [0.717, 1.165) is 31.5 Å². The van der Waals surface area contributed by atoms with Crippen LogP contribution in [0.15, 0.2) is 24.3 Å². The minimum absolute atomic E-state index is 0.249. The van der Waals surface area contributed by atoms with Crippen molar-refractivity contribution in [3.05, 3.63) is 29.8 Å². The summed E-state index contributed by atoms with van der Waals surface area (Å²) in [6.07, 6.45) is 1.96. The van der Waals surface area contributed by atoms with Gasteiger partial charge < -0.3 is 15.5 Å². The minimum Gasteiger partial charge on any atom is -0.508 e. The summed E-state index contributed by atoms with van der Waals surface area (Å²) in [6.45, 7) is 3.72. The van der Waals surface area contributed by atoms with Crippen molar-refractivity contribution in [1.82, 2.24) is 5.32 Å². The molecule has 0 aromatic heterocycles. The maximum Gasteiger partial charge on any atom is 0.303 e. The molecule has 0 saturated carbocycles. The van der Waals surface area contributed by atoms with Gasteiger partial charge in [-0.1, -0.05) is 19.1 Å². The molecule has 1 atom stereocenters. The van der Waals surface area contributed by atoms with Crippen LogP contribution >= 0.6 is 0 Å². The van der Waals surface area contributed by atoms with Gasteiger partial charge in [0.1, 0.15) is 5.75 Å². The van der Waals surface area contributed by atoms with Crippen LogP contribution in [0.25, 0.3) is 0 Å². The average Bonchev–Trinajstić information content (AvgIpc) is 2.34. The Labute approximate surface area is 108 Å². The first kappa shape index (κ1) is 14.5. The van der Waals surface area contributed by atoms with Gasteiger partial charge in [-0.15, -0.1) is 0 Å². The zero-order chi connectivity index (χ0) is 13.4. The van der Waals surface area contributed by atoms with Crippen molar-refractivity contribution in [1.29, 1.82) is 0 Å². The maximum absolute atomic E-state index is 10.4. The summed E-state index contributed by atoms with van der Waals surface area (Å²) >= 11 is 0. The zero-order valence-corrected chi connectivity index (χ0v) is 10.7. The molecule has 1 rings (SSSR count). The molecule has 1 unspecified atom stereocenters. The number of phenols is 1. The third-order valence-electron chi connectivity index (χ3n) is 2.93. The molecule has 18 heavy (non-hydrogen) atoms. The molecule has 0 radical (unpaired) electrons. The molecule has 0 aliphatic rings. The third-order valence-corrected chi connectivity index (χ3v) is 2.93. The van der Waals surface area contributed by atoms with Gasteiger partial charge in [-0.05, 0) is 43.0 Å². The van der Waals surface area contributed by atoms with Crippen molar-refractivity contribution in [2.24, 2.45) is 5.92 Å². The summed E-state index contributed by atoms with van der Waals surface area (Å²) in [5, 5.41) is 21.0. The van der Waals surface area contributed by atoms with Crippen molar-refractivity contribution in [3.63, 3.8) is 0 Å². The van der Waals surface area contributed by atoms with Crippen molar-refractivity contribution in [2.45, 2.75) is 32.7 Å². The molecule has 0 fully saturated rings. The lowest BCUT2D eigenvalue weighted by Crippen LogP contribution is -2.17. The molecule has 0 heterocycles. The first-order valence-electron chi connectivity index (χ1n) is 6.28. The Balaban J connectivity index is 2.11. The number of phenolic OH excluding ortho intramolecular Hbond substituents is 1. The van der Waals surface area contributed by atoms with Crippen LogP contribution < -0.4 is 5.32 Å². The highest BCUT2D eigenvalue weighted by atomic mass is 16.4. The number of hydrogen-bond acceptors (Lipinski definition) is 3. The number of aromatic hydroxyl groups is 1. The molecular weight excluding hydrogens is 230 g/mol. The summed E-state index contributed by atoms with van der Waals surface area (Å²) in [7, 11) is 0. The van der Waals surface area contributed by atoms with E-state index in [2.05, 4.69) is 12.2 Å². The second-order valence-electron chi connectivity index (χ2n) is 4.67. The van der Waals surface area contributed by atoms with Crippen LogP contribution in [0.2, 0.25) is 0 Å². The van der Waals surface area contributed by atoms with Crippen molar-refractivity contribution in [2.75, 3.05) is 6.54 Å². The van der Waals surface area contributed by atoms with Crippen LogP contribution in [-0.2, 0) is 11.3 Å². The fraction of sp³-hybridized carbons (Fsp3) is 0.500. The number of nitrogens with one attached hydrogen (secondary N) is 1. The largest absolute Gasteiger partial charge is 0.508 e. The second kappa shape index (κ2) is 7.71. The van der Waals surface area contributed by atoms with E-state index in [1.807, 2.05) is 12.1 Å². The third kappa shape index (κ3) is 6.25. The maximum atomic E-state index is 10.4. The summed E-state index contributed by atoms with van der Waals surface area (Å²) in [4.78, 5) is 10.4. The van der Waals surface area contributed by atoms with Crippen LogP contribution in [0.4, 0.5) is 0 Å². The van der Waals surface area contributed by atoms with Gasteiger partial charge in [-0.25, -0.2) is 0 Å². The van der Waals surface area contributed by atoms with Crippen molar-refractivity contribution >= 4 is 5.97 Å². The number of carboxylic acid groups (broad SMARTS) is 1. The molecule has 0 amide bonds. The molecule has 0 spiro atoms. The molecular formula is C14H21NO3. The van der Waals surface area contributed by atoms with E-state index < -0.39 is 5.97 Å². The lowest BCUT2D eigenvalue weighted by atomic mass is 10.0. The number of carbonyl (C=O) groups is 1. The Morgan fingerprint density at radius 3 is 2.56 bits per heavy atom. The van der Waals surface area contributed by atoms with Gasteiger partial charge in [0.2, 0.25) is 0 Å². The smallest absolute Gasteiger partial charge is 0.303 e. The minimum atomic E-state index is -0.723. The lowest BCUT2D eigenvalue weighted by Gasteiger charge is -2.10. The highest BCUT2D eigenvalue weighted by molar-refractivity contribution is 5.66. The van der Waals surface area contributed by atoms with Crippen LogP contribution in [0.3, 0.4) is 0 Å². The first-order valence-corrected chi connectivity index (χ1v) is 6.28. The van der Waals surface area contributed by atoms with Crippen LogP contribution in [0.1, 0.15) is 31.7 Å². The quantitative estimate of drug-likeness (QED) is 0.620. The molecule has 0 saturated heterocycles. The first-order chi connectivity index (χ1) is 8.58. The fourth-order valence-corrected chi connectivity index (χ4v) is 1.71. The Morgan fingerprint density at radius 1 is 1.28 bits per heavy atom. The Hall–Kier alpha value is -1.55. The highest BCUT2D eigenvalue weighted by Crippen LogP contribution is 2.11. The molecule has 3 N–H and O–H groups in total. The molecule has 4 heteroatoms. The Morgan fingerprint density at radius 2 is 1.94 bits per heavy atom. The van der Waals surface area contributed by atoms with Crippen molar-refractivity contribution in [3.8, 4) is 5.75 Å². The number of carboxylic acids is 1. The van der Waals surface area contributed by atoms with Gasteiger partial charge in [-0.2, -0.15) is 0 Å². The van der Waals surface area contributed by atoms with Gasteiger partial charge in [-0.3, -0.25) is 4.79 Å². The Kier molecular flexibility index (Phi) is 6.22. The molecule has 4 nitrogen and oxygen atoms in total. The summed E-state index contributed by atoms with van der Waals surface area (Å²) in [5.74, 6) is -0.0200. The van der Waals surface area contributed by atoms with Gasteiger partial charge in [0.25, 0.3) is 0 Å². The van der Waals surface area contributed by atoms with Gasteiger partial charge >= 0.3 is 5.97 Å². The van der Waals surface area contributed by atoms with Crippen molar-refractivity contribution < 1.29 is 15.0 Å². The van der Waals surface area contributed by atoms with E-state index in [-0.39, 0.29) is 12.2 Å². The zero-order valence-electron chi connectivity index (χ0n) is 10.7. The predicted molar refractivity (Wildman–Crippen MR) is 70.5 cm³/mol. The molecule has 0 aliphatic heterocycles.